The maximum absolute atomic E-state index is 6.54. The smallest absolute Gasteiger partial charge is 0.126 e. The third-order valence-corrected chi connectivity index (χ3v) is 7.29. The van der Waals surface area contributed by atoms with E-state index in [0.29, 0.717) is 33.7 Å². The van der Waals surface area contributed by atoms with Crippen LogP contribution in [-0.2, 0) is 9.47 Å². The van der Waals surface area contributed by atoms with Crippen LogP contribution < -0.4 is 16.0 Å². The van der Waals surface area contributed by atoms with Crippen molar-refractivity contribution in [3.05, 3.63) is 34.4 Å². The number of nitrogens with zero attached hydrogens (tertiary/aromatic N) is 2. The van der Waals surface area contributed by atoms with E-state index in [0.717, 1.165) is 88.6 Å². The Morgan fingerprint density at radius 1 is 1.00 bits per heavy atom. The summed E-state index contributed by atoms with van der Waals surface area (Å²) in [4.78, 5) is 9.30. The predicted octanol–water partition coefficient (Wildman–Crippen LogP) is 5.25. The summed E-state index contributed by atoms with van der Waals surface area (Å²) in [6.45, 7) is 4.19. The minimum Gasteiger partial charge on any atom is -0.383 e. The summed E-state index contributed by atoms with van der Waals surface area (Å²) in [5.74, 6) is 2.20. The van der Waals surface area contributed by atoms with Crippen molar-refractivity contribution in [2.24, 2.45) is 5.92 Å². The average Bonchev–Trinajstić information content (AvgIpc) is 2.87. The first-order valence-electron chi connectivity index (χ1n) is 12.3. The Morgan fingerprint density at radius 3 is 2.53 bits per heavy atom. The lowest BCUT2D eigenvalue weighted by Crippen LogP contribution is -2.38. The number of methoxy groups -OCH3 is 1. The van der Waals surface area contributed by atoms with Crippen LogP contribution in [0.15, 0.2) is 24.4 Å². The van der Waals surface area contributed by atoms with Crippen LogP contribution in [0.2, 0.25) is 10.0 Å². The van der Waals surface area contributed by atoms with Crippen molar-refractivity contribution in [3.8, 4) is 11.3 Å². The molecular weight excluding hydrogens is 473 g/mol. The Balaban J connectivity index is 1.39. The van der Waals surface area contributed by atoms with Crippen LogP contribution in [0.4, 0.5) is 11.6 Å². The Hall–Kier alpha value is -1.64. The average molecular weight is 508 g/mol. The summed E-state index contributed by atoms with van der Waals surface area (Å²) in [5.41, 5.74) is 1.45. The highest BCUT2D eigenvalue weighted by Gasteiger charge is 2.22. The van der Waals surface area contributed by atoms with Gasteiger partial charge < -0.3 is 25.4 Å². The van der Waals surface area contributed by atoms with Gasteiger partial charge in [-0.05, 0) is 62.6 Å². The highest BCUT2D eigenvalue weighted by molar-refractivity contribution is 6.36. The second kappa shape index (κ2) is 12.9. The quantitative estimate of drug-likeness (QED) is 0.379. The molecule has 0 unspecified atom stereocenters. The summed E-state index contributed by atoms with van der Waals surface area (Å²) < 4.78 is 10.6. The van der Waals surface area contributed by atoms with Gasteiger partial charge in [0.15, 0.2) is 0 Å². The van der Waals surface area contributed by atoms with Gasteiger partial charge in [0.05, 0.1) is 22.3 Å². The molecule has 2 aromatic rings. The number of hydrogen-bond donors (Lipinski definition) is 3. The number of halogens is 2. The summed E-state index contributed by atoms with van der Waals surface area (Å²) >= 11 is 13.1. The van der Waals surface area contributed by atoms with Gasteiger partial charge in [0, 0.05) is 57.3 Å². The molecule has 1 aliphatic carbocycles. The fraction of sp³-hybridized carbons (Fsp3) is 0.600. The largest absolute Gasteiger partial charge is 0.383 e. The molecule has 9 heteroatoms. The number of ether oxygens (including phenoxy) is 2. The molecule has 1 saturated carbocycles. The van der Waals surface area contributed by atoms with Gasteiger partial charge in [0.1, 0.15) is 11.6 Å². The number of aromatic nitrogens is 2. The zero-order valence-electron chi connectivity index (χ0n) is 19.8. The summed E-state index contributed by atoms with van der Waals surface area (Å²) in [5, 5.41) is 11.7. The lowest BCUT2D eigenvalue weighted by molar-refractivity contribution is 0.0699. The first kappa shape index (κ1) is 25.5. The van der Waals surface area contributed by atoms with Crippen LogP contribution >= 0.6 is 23.2 Å². The van der Waals surface area contributed by atoms with Crippen LogP contribution in [0.1, 0.15) is 38.5 Å². The Morgan fingerprint density at radius 2 is 1.76 bits per heavy atom. The molecule has 4 rings (SSSR count). The van der Waals surface area contributed by atoms with Gasteiger partial charge in [-0.15, -0.1) is 0 Å². The molecule has 2 fully saturated rings. The Labute approximate surface area is 212 Å². The minimum absolute atomic E-state index is 0.387. The molecule has 0 bridgehead atoms. The van der Waals surface area contributed by atoms with E-state index in [9.17, 15) is 0 Å². The summed E-state index contributed by atoms with van der Waals surface area (Å²) in [6, 6.07) is 6.69. The van der Waals surface area contributed by atoms with E-state index in [-0.39, 0.29) is 0 Å². The van der Waals surface area contributed by atoms with Gasteiger partial charge in [-0.25, -0.2) is 9.97 Å². The highest BCUT2D eigenvalue weighted by Crippen LogP contribution is 2.34. The van der Waals surface area contributed by atoms with Gasteiger partial charge in [-0.3, -0.25) is 0 Å². The maximum atomic E-state index is 6.54. The molecule has 1 saturated heterocycles. The topological polar surface area (TPSA) is 80.3 Å². The molecule has 0 radical (unpaired) electrons. The molecule has 0 aromatic carbocycles. The van der Waals surface area contributed by atoms with Crippen molar-refractivity contribution in [1.29, 1.82) is 0 Å². The van der Waals surface area contributed by atoms with E-state index in [2.05, 4.69) is 20.9 Å². The standard InChI is InChI=1S/C25H35Cl2N5O2/c1-33-13-10-28-18-2-4-19(5-3-18)31-24-14-20(22(27)16-30-24)25-21(26)6-7-23(32-25)29-15-17-8-11-34-12-9-17/h6-7,14,16-19,28H,2-5,8-13,15H2,1H3,(H,29,32)(H,30,31). The van der Waals surface area contributed by atoms with Crippen LogP contribution in [0.5, 0.6) is 0 Å². The number of pyridine rings is 2. The van der Waals surface area contributed by atoms with Gasteiger partial charge in [-0.2, -0.15) is 0 Å². The van der Waals surface area contributed by atoms with Crippen LogP contribution in [0.3, 0.4) is 0 Å². The lowest BCUT2D eigenvalue weighted by Gasteiger charge is -2.30. The second-order valence-electron chi connectivity index (χ2n) is 9.15. The van der Waals surface area contributed by atoms with Crippen LogP contribution in [-0.4, -0.2) is 62.1 Å². The predicted molar refractivity (Wildman–Crippen MR) is 139 cm³/mol. The fourth-order valence-corrected chi connectivity index (χ4v) is 5.04. The van der Waals surface area contributed by atoms with E-state index >= 15 is 0 Å². The van der Waals surface area contributed by atoms with Crippen molar-refractivity contribution in [1.82, 2.24) is 15.3 Å². The van der Waals surface area contributed by atoms with E-state index < -0.39 is 0 Å². The third kappa shape index (κ3) is 7.18. The molecule has 3 heterocycles. The Kier molecular flexibility index (Phi) is 9.65. The van der Waals surface area contributed by atoms with E-state index in [4.69, 9.17) is 37.7 Å². The number of rotatable bonds is 10. The monoisotopic (exact) mass is 507 g/mol. The molecule has 2 aliphatic rings. The van der Waals surface area contributed by atoms with Crippen molar-refractivity contribution >= 4 is 34.8 Å². The number of nitrogens with one attached hydrogen (secondary N) is 3. The van der Waals surface area contributed by atoms with Crippen molar-refractivity contribution in [2.45, 2.75) is 50.6 Å². The summed E-state index contributed by atoms with van der Waals surface area (Å²) in [6.07, 6.45) is 8.28. The van der Waals surface area contributed by atoms with Crippen molar-refractivity contribution < 1.29 is 9.47 Å². The third-order valence-electron chi connectivity index (χ3n) is 6.69. The Bertz CT molecular complexity index is 918. The van der Waals surface area contributed by atoms with Gasteiger partial charge >= 0.3 is 0 Å². The second-order valence-corrected chi connectivity index (χ2v) is 9.97. The first-order valence-corrected chi connectivity index (χ1v) is 13.0. The van der Waals surface area contributed by atoms with Crippen molar-refractivity contribution in [2.75, 3.05) is 50.7 Å². The molecule has 2 aromatic heterocycles. The normalized spacial score (nSPS) is 21.4. The minimum atomic E-state index is 0.387. The molecule has 34 heavy (non-hydrogen) atoms. The van der Waals surface area contributed by atoms with E-state index in [1.165, 1.54) is 0 Å². The zero-order valence-corrected chi connectivity index (χ0v) is 21.3. The van der Waals surface area contributed by atoms with Crippen molar-refractivity contribution in [3.63, 3.8) is 0 Å². The molecule has 3 N–H and O–H groups in total. The molecule has 186 valence electrons. The molecule has 0 spiro atoms. The first-order chi connectivity index (χ1) is 16.6. The van der Waals surface area contributed by atoms with E-state index in [1.54, 1.807) is 13.3 Å². The molecule has 7 nitrogen and oxygen atoms in total. The van der Waals surface area contributed by atoms with E-state index in [1.807, 2.05) is 18.2 Å². The van der Waals surface area contributed by atoms with Crippen LogP contribution in [0.25, 0.3) is 11.3 Å². The fourth-order valence-electron chi connectivity index (χ4n) is 4.64. The van der Waals surface area contributed by atoms with Gasteiger partial charge in [-0.1, -0.05) is 23.2 Å². The lowest BCUT2D eigenvalue weighted by atomic mass is 9.91. The number of anilines is 2. The highest BCUT2D eigenvalue weighted by atomic mass is 35.5. The number of hydrogen-bond acceptors (Lipinski definition) is 7. The summed E-state index contributed by atoms with van der Waals surface area (Å²) in [7, 11) is 1.73. The van der Waals surface area contributed by atoms with Crippen LogP contribution in [0, 0.1) is 5.92 Å². The molecule has 0 atom stereocenters. The maximum Gasteiger partial charge on any atom is 0.126 e. The van der Waals surface area contributed by atoms with Gasteiger partial charge in [0.25, 0.3) is 0 Å². The molecule has 0 amide bonds. The molecule has 1 aliphatic heterocycles. The van der Waals surface area contributed by atoms with Gasteiger partial charge in [0.2, 0.25) is 0 Å². The molecular formula is C25H35Cl2N5O2. The SMILES string of the molecule is COCCNC1CCC(Nc2cc(-c3nc(NCC4CCOCC4)ccc3Cl)c(Cl)cn2)CC1. The zero-order chi connectivity index (χ0) is 23.8.